The molecule has 0 bridgehead atoms. The number of hydrogen-bond acceptors (Lipinski definition) is 3. The average Bonchev–Trinajstić information content (AvgIpc) is 2.13. The van der Waals surface area contributed by atoms with Crippen molar-refractivity contribution in [3.8, 4) is 0 Å². The first-order valence-corrected chi connectivity index (χ1v) is 5.25. The molecule has 7 heteroatoms. The Morgan fingerprint density at radius 2 is 2.12 bits per heavy atom. The summed E-state index contributed by atoms with van der Waals surface area (Å²) in [4.78, 5) is 17.5. The molecule has 1 aromatic heterocycles. The summed E-state index contributed by atoms with van der Waals surface area (Å²) < 4.78 is 35.5. The van der Waals surface area contributed by atoms with E-state index in [9.17, 15) is 18.0 Å². The zero-order valence-electron chi connectivity index (χ0n) is 9.40. The van der Waals surface area contributed by atoms with Crippen molar-refractivity contribution in [3.63, 3.8) is 0 Å². The van der Waals surface area contributed by atoms with Gasteiger partial charge in [-0.25, -0.2) is 4.98 Å². The van der Waals surface area contributed by atoms with Gasteiger partial charge in [-0.1, -0.05) is 0 Å². The van der Waals surface area contributed by atoms with Crippen molar-refractivity contribution in [2.75, 3.05) is 11.9 Å². The highest BCUT2D eigenvalue weighted by atomic mass is 19.4. The highest BCUT2D eigenvalue weighted by Crippen LogP contribution is 2.21. The van der Waals surface area contributed by atoms with E-state index in [2.05, 4.69) is 15.3 Å². The third-order valence-electron chi connectivity index (χ3n) is 2.05. The number of alkyl halides is 3. The lowest BCUT2D eigenvalue weighted by molar-refractivity contribution is -0.135. The summed E-state index contributed by atoms with van der Waals surface area (Å²) in [5.41, 5.74) is -0.282. The van der Waals surface area contributed by atoms with Gasteiger partial charge in [0.25, 0.3) is 5.56 Å². The molecule has 0 aromatic carbocycles. The maximum Gasteiger partial charge on any atom is 0.389 e. The van der Waals surface area contributed by atoms with Gasteiger partial charge in [-0.3, -0.25) is 4.79 Å². The molecule has 0 spiro atoms. The maximum absolute atomic E-state index is 11.8. The summed E-state index contributed by atoms with van der Waals surface area (Å²) in [7, 11) is 0. The summed E-state index contributed by atoms with van der Waals surface area (Å²) in [5, 5.41) is 2.81. The summed E-state index contributed by atoms with van der Waals surface area (Å²) >= 11 is 0. The zero-order chi connectivity index (χ0) is 12.9. The summed E-state index contributed by atoms with van der Waals surface area (Å²) in [6.45, 7) is 2.00. The molecule has 0 radical (unpaired) electrons. The first kappa shape index (κ1) is 13.5. The van der Waals surface area contributed by atoms with E-state index in [4.69, 9.17) is 0 Å². The minimum absolute atomic E-state index is 0.0681. The minimum atomic E-state index is -4.10. The number of rotatable bonds is 5. The van der Waals surface area contributed by atoms with Crippen LogP contribution in [0.1, 0.15) is 25.1 Å². The Labute approximate surface area is 96.3 Å². The molecule has 0 saturated heterocycles. The molecule has 0 amide bonds. The number of H-pyrrole nitrogens is 1. The van der Waals surface area contributed by atoms with E-state index in [-0.39, 0.29) is 12.0 Å². The maximum atomic E-state index is 11.8. The number of halogens is 3. The van der Waals surface area contributed by atoms with Crippen LogP contribution in [0.2, 0.25) is 0 Å². The topological polar surface area (TPSA) is 57.8 Å². The lowest BCUT2D eigenvalue weighted by Crippen LogP contribution is -2.13. The smallest absolute Gasteiger partial charge is 0.370 e. The highest BCUT2D eigenvalue weighted by Gasteiger charge is 2.25. The SMILES string of the molecule is Cc1nc(NCCCCC(F)(F)F)cc(=O)[nH]1. The van der Waals surface area contributed by atoms with E-state index in [0.29, 0.717) is 24.6 Å². The van der Waals surface area contributed by atoms with E-state index < -0.39 is 12.6 Å². The number of nitrogens with one attached hydrogen (secondary N) is 2. The number of nitrogens with zero attached hydrogens (tertiary/aromatic N) is 1. The lowest BCUT2D eigenvalue weighted by Gasteiger charge is -2.07. The first-order chi connectivity index (χ1) is 7.87. The predicted octanol–water partition coefficient (Wildman–Crippen LogP) is 2.22. The van der Waals surface area contributed by atoms with Crippen molar-refractivity contribution in [2.24, 2.45) is 0 Å². The molecule has 1 aromatic rings. The summed E-state index contributed by atoms with van der Waals surface area (Å²) in [5.74, 6) is 0.855. The quantitative estimate of drug-likeness (QED) is 0.787. The van der Waals surface area contributed by atoms with Gasteiger partial charge in [0.15, 0.2) is 0 Å². The lowest BCUT2D eigenvalue weighted by atomic mass is 10.2. The molecule has 0 atom stereocenters. The average molecular weight is 249 g/mol. The minimum Gasteiger partial charge on any atom is -0.370 e. The molecule has 96 valence electrons. The molecule has 0 aliphatic heterocycles. The largest absolute Gasteiger partial charge is 0.389 e. The Balaban J connectivity index is 2.29. The Hall–Kier alpha value is -1.53. The van der Waals surface area contributed by atoms with E-state index in [0.717, 1.165) is 0 Å². The normalized spacial score (nSPS) is 11.5. The van der Waals surface area contributed by atoms with Crippen LogP contribution in [0.3, 0.4) is 0 Å². The Kier molecular flexibility index (Phi) is 4.53. The second-order valence-corrected chi connectivity index (χ2v) is 3.72. The number of aromatic amines is 1. The fourth-order valence-electron chi connectivity index (χ4n) is 1.34. The van der Waals surface area contributed by atoms with Crippen molar-refractivity contribution >= 4 is 5.82 Å². The monoisotopic (exact) mass is 249 g/mol. The fraction of sp³-hybridized carbons (Fsp3) is 0.600. The second kappa shape index (κ2) is 5.70. The van der Waals surface area contributed by atoms with Crippen molar-refractivity contribution in [2.45, 2.75) is 32.4 Å². The standard InChI is InChI=1S/C10H14F3N3O/c1-7-15-8(6-9(17)16-7)14-5-3-2-4-10(11,12)13/h6H,2-5H2,1H3,(H2,14,15,16,17). The van der Waals surface area contributed by atoms with Gasteiger partial charge in [0.2, 0.25) is 0 Å². The number of unbranched alkanes of at least 4 members (excludes halogenated alkanes) is 1. The van der Waals surface area contributed by atoms with Crippen LogP contribution < -0.4 is 10.9 Å². The van der Waals surface area contributed by atoms with E-state index in [1.807, 2.05) is 0 Å². The van der Waals surface area contributed by atoms with Crippen LogP contribution >= 0.6 is 0 Å². The first-order valence-electron chi connectivity index (χ1n) is 5.25. The van der Waals surface area contributed by atoms with Gasteiger partial charge in [0, 0.05) is 19.0 Å². The molecule has 0 fully saturated rings. The Morgan fingerprint density at radius 1 is 1.41 bits per heavy atom. The molecule has 17 heavy (non-hydrogen) atoms. The number of aromatic nitrogens is 2. The molecule has 0 aliphatic rings. The predicted molar refractivity (Wildman–Crippen MR) is 58.0 cm³/mol. The number of aryl methyl sites for hydroxylation is 1. The molecule has 2 N–H and O–H groups in total. The zero-order valence-corrected chi connectivity index (χ0v) is 9.40. The van der Waals surface area contributed by atoms with E-state index in [1.165, 1.54) is 6.07 Å². The van der Waals surface area contributed by atoms with Gasteiger partial charge in [0.1, 0.15) is 11.6 Å². The van der Waals surface area contributed by atoms with Crippen LogP contribution in [-0.2, 0) is 0 Å². The number of hydrogen-bond donors (Lipinski definition) is 2. The Morgan fingerprint density at radius 3 is 2.71 bits per heavy atom. The van der Waals surface area contributed by atoms with Crippen LogP contribution in [0.15, 0.2) is 10.9 Å². The molecule has 0 unspecified atom stereocenters. The third kappa shape index (κ3) is 5.94. The highest BCUT2D eigenvalue weighted by molar-refractivity contribution is 5.32. The van der Waals surface area contributed by atoms with Gasteiger partial charge in [-0.2, -0.15) is 13.2 Å². The van der Waals surface area contributed by atoms with Gasteiger partial charge in [-0.15, -0.1) is 0 Å². The second-order valence-electron chi connectivity index (χ2n) is 3.72. The van der Waals surface area contributed by atoms with Gasteiger partial charge in [0.05, 0.1) is 0 Å². The molecule has 1 heterocycles. The summed E-state index contributed by atoms with van der Waals surface area (Å²) in [6.07, 6.45) is -4.43. The van der Waals surface area contributed by atoms with E-state index >= 15 is 0 Å². The fourth-order valence-corrected chi connectivity index (χ4v) is 1.34. The molecule has 0 aliphatic carbocycles. The van der Waals surface area contributed by atoms with Gasteiger partial charge in [-0.05, 0) is 19.8 Å². The summed E-state index contributed by atoms with van der Waals surface area (Å²) in [6, 6.07) is 1.27. The third-order valence-corrected chi connectivity index (χ3v) is 2.05. The van der Waals surface area contributed by atoms with Crippen molar-refractivity contribution < 1.29 is 13.2 Å². The van der Waals surface area contributed by atoms with Gasteiger partial charge < -0.3 is 10.3 Å². The van der Waals surface area contributed by atoms with Crippen LogP contribution in [0.4, 0.5) is 19.0 Å². The van der Waals surface area contributed by atoms with Crippen LogP contribution in [0, 0.1) is 6.92 Å². The molecular formula is C10H14F3N3O. The van der Waals surface area contributed by atoms with Crippen molar-refractivity contribution in [1.29, 1.82) is 0 Å². The van der Waals surface area contributed by atoms with Crippen molar-refractivity contribution in [3.05, 3.63) is 22.2 Å². The molecular weight excluding hydrogens is 235 g/mol. The van der Waals surface area contributed by atoms with Crippen LogP contribution in [-0.4, -0.2) is 22.7 Å². The van der Waals surface area contributed by atoms with Gasteiger partial charge >= 0.3 is 6.18 Å². The Bertz CT molecular complexity index is 414. The van der Waals surface area contributed by atoms with Crippen LogP contribution in [0.5, 0.6) is 0 Å². The van der Waals surface area contributed by atoms with E-state index in [1.54, 1.807) is 6.92 Å². The molecule has 1 rings (SSSR count). The van der Waals surface area contributed by atoms with Crippen molar-refractivity contribution in [1.82, 2.24) is 9.97 Å². The van der Waals surface area contributed by atoms with Crippen LogP contribution in [0.25, 0.3) is 0 Å². The number of anilines is 1. The molecule has 0 saturated carbocycles. The molecule has 4 nitrogen and oxygen atoms in total.